The molecule has 0 atom stereocenters. The molecule has 2 N–H and O–H groups in total. The maximum atomic E-state index is 12.7. The van der Waals surface area contributed by atoms with Crippen molar-refractivity contribution in [2.45, 2.75) is 31.6 Å². The molecule has 0 spiro atoms. The van der Waals surface area contributed by atoms with Gasteiger partial charge in [-0.25, -0.2) is 0 Å². The largest absolute Gasteiger partial charge is 0.497 e. The van der Waals surface area contributed by atoms with E-state index in [1.807, 2.05) is 30.3 Å². The number of methoxy groups -OCH3 is 1. The van der Waals surface area contributed by atoms with Crippen LogP contribution in [0.3, 0.4) is 0 Å². The third-order valence-electron chi connectivity index (χ3n) is 6.83. The highest BCUT2D eigenvalue weighted by atomic mass is 16.5. The van der Waals surface area contributed by atoms with Crippen LogP contribution in [0.5, 0.6) is 5.75 Å². The number of benzene rings is 2. The Kier molecular flexibility index (Phi) is 6.05. The minimum atomic E-state index is -0.0184. The van der Waals surface area contributed by atoms with E-state index in [-0.39, 0.29) is 11.8 Å². The van der Waals surface area contributed by atoms with Gasteiger partial charge in [0.05, 0.1) is 13.7 Å². The minimum Gasteiger partial charge on any atom is -0.497 e. The molecular formula is C26H30N4O3. The zero-order valence-electron chi connectivity index (χ0n) is 19.0. The van der Waals surface area contributed by atoms with Gasteiger partial charge in [-0.1, -0.05) is 6.07 Å². The fraction of sp³-hybridized carbons (Fsp3) is 0.385. The maximum Gasteiger partial charge on any atom is 0.238 e. The number of carbonyl (C=O) groups excluding carboxylic acids is 2. The van der Waals surface area contributed by atoms with Crippen LogP contribution in [0.25, 0.3) is 10.9 Å². The number of anilines is 2. The van der Waals surface area contributed by atoms with Gasteiger partial charge in [0, 0.05) is 41.4 Å². The quantitative estimate of drug-likeness (QED) is 0.597. The Labute approximate surface area is 193 Å². The second-order valence-electron chi connectivity index (χ2n) is 8.95. The summed E-state index contributed by atoms with van der Waals surface area (Å²) in [6, 6.07) is 13.7. The number of hydrogen-bond donors (Lipinski definition) is 2. The molecule has 33 heavy (non-hydrogen) atoms. The summed E-state index contributed by atoms with van der Waals surface area (Å²) in [5.41, 5.74) is 4.05. The number of amides is 2. The average Bonchev–Trinajstić information content (AvgIpc) is 3.45. The highest BCUT2D eigenvalue weighted by molar-refractivity contribution is 5.97. The third kappa shape index (κ3) is 4.59. The monoisotopic (exact) mass is 446 g/mol. The summed E-state index contributed by atoms with van der Waals surface area (Å²) in [4.78, 5) is 32.1. The van der Waals surface area contributed by atoms with E-state index in [0.29, 0.717) is 18.9 Å². The molecule has 2 aliphatic rings. The fourth-order valence-corrected chi connectivity index (χ4v) is 5.06. The van der Waals surface area contributed by atoms with Crippen molar-refractivity contribution < 1.29 is 14.3 Å². The number of nitrogens with one attached hydrogen (secondary N) is 2. The molecule has 172 valence electrons. The summed E-state index contributed by atoms with van der Waals surface area (Å²) < 4.78 is 5.40. The summed E-state index contributed by atoms with van der Waals surface area (Å²) in [5.74, 6) is 1.47. The van der Waals surface area contributed by atoms with E-state index < -0.39 is 0 Å². The smallest absolute Gasteiger partial charge is 0.238 e. The Bertz CT molecular complexity index is 1160. The highest BCUT2D eigenvalue weighted by Gasteiger charge is 2.25. The van der Waals surface area contributed by atoms with E-state index in [0.717, 1.165) is 61.5 Å². The summed E-state index contributed by atoms with van der Waals surface area (Å²) in [6.45, 7) is 2.89. The number of rotatable bonds is 6. The van der Waals surface area contributed by atoms with E-state index in [1.54, 1.807) is 12.0 Å². The van der Waals surface area contributed by atoms with Gasteiger partial charge in [0.15, 0.2) is 0 Å². The van der Waals surface area contributed by atoms with Crippen molar-refractivity contribution in [3.8, 4) is 5.75 Å². The Morgan fingerprint density at radius 1 is 1.15 bits per heavy atom. The average molecular weight is 447 g/mol. The van der Waals surface area contributed by atoms with Gasteiger partial charge >= 0.3 is 0 Å². The number of likely N-dealkylation sites (tertiary alicyclic amines) is 1. The van der Waals surface area contributed by atoms with Gasteiger partial charge in [-0.2, -0.15) is 0 Å². The number of aromatic nitrogens is 1. The van der Waals surface area contributed by atoms with Crippen LogP contribution in [0.2, 0.25) is 0 Å². The fourth-order valence-electron chi connectivity index (χ4n) is 5.06. The SMILES string of the molecule is COc1ccc2[nH]cc(C3CCN(CC(=O)Nc4cccc(N5CCCC5=O)c4)CC3)c2c1. The molecule has 1 aromatic heterocycles. The summed E-state index contributed by atoms with van der Waals surface area (Å²) in [6.07, 6.45) is 5.64. The number of carbonyl (C=O) groups is 2. The van der Waals surface area contributed by atoms with Crippen LogP contribution in [-0.2, 0) is 9.59 Å². The minimum absolute atomic E-state index is 0.0184. The van der Waals surface area contributed by atoms with Crippen LogP contribution in [-0.4, -0.2) is 55.0 Å². The van der Waals surface area contributed by atoms with Gasteiger partial charge in [-0.3, -0.25) is 14.5 Å². The second kappa shape index (κ2) is 9.27. The van der Waals surface area contributed by atoms with Crippen LogP contribution in [0.15, 0.2) is 48.7 Å². The van der Waals surface area contributed by atoms with Gasteiger partial charge < -0.3 is 19.9 Å². The normalized spacial score (nSPS) is 17.6. The van der Waals surface area contributed by atoms with E-state index in [2.05, 4.69) is 33.5 Å². The van der Waals surface area contributed by atoms with Crippen molar-refractivity contribution in [3.63, 3.8) is 0 Å². The number of nitrogens with zero attached hydrogens (tertiary/aromatic N) is 2. The standard InChI is InChI=1S/C26H30N4O3/c1-33-21-7-8-24-22(15-21)23(16-27-24)18-9-12-29(13-10-18)17-25(31)28-19-4-2-5-20(14-19)30-11-3-6-26(30)32/h2,4-5,7-8,14-16,18,27H,3,6,9-13,17H2,1H3,(H,28,31). The molecule has 2 fully saturated rings. The predicted octanol–water partition coefficient (Wildman–Crippen LogP) is 4.12. The van der Waals surface area contributed by atoms with E-state index in [9.17, 15) is 9.59 Å². The molecular weight excluding hydrogens is 416 g/mol. The molecule has 2 amide bonds. The molecule has 2 saturated heterocycles. The first-order valence-electron chi connectivity index (χ1n) is 11.7. The van der Waals surface area contributed by atoms with Crippen LogP contribution in [0.1, 0.15) is 37.2 Å². The zero-order chi connectivity index (χ0) is 22.8. The first kappa shape index (κ1) is 21.5. The van der Waals surface area contributed by atoms with Crippen molar-refractivity contribution in [2.24, 2.45) is 0 Å². The predicted molar refractivity (Wildman–Crippen MR) is 130 cm³/mol. The van der Waals surface area contributed by atoms with Crippen molar-refractivity contribution in [1.82, 2.24) is 9.88 Å². The number of ether oxygens (including phenoxy) is 1. The van der Waals surface area contributed by atoms with Crippen molar-refractivity contribution >= 4 is 34.1 Å². The van der Waals surface area contributed by atoms with Crippen LogP contribution in [0.4, 0.5) is 11.4 Å². The summed E-state index contributed by atoms with van der Waals surface area (Å²) >= 11 is 0. The Balaban J connectivity index is 1.16. The van der Waals surface area contributed by atoms with Gasteiger partial charge in [-0.15, -0.1) is 0 Å². The summed E-state index contributed by atoms with van der Waals surface area (Å²) in [7, 11) is 1.69. The van der Waals surface area contributed by atoms with Crippen molar-refractivity contribution in [2.75, 3.05) is 43.5 Å². The molecule has 3 aromatic rings. The molecule has 5 rings (SSSR count). The van der Waals surface area contributed by atoms with Crippen LogP contribution < -0.4 is 15.0 Å². The molecule has 0 saturated carbocycles. The number of piperidine rings is 1. The van der Waals surface area contributed by atoms with Gasteiger partial charge in [0.2, 0.25) is 11.8 Å². The number of hydrogen-bond acceptors (Lipinski definition) is 4. The lowest BCUT2D eigenvalue weighted by Crippen LogP contribution is -2.38. The van der Waals surface area contributed by atoms with Crippen molar-refractivity contribution in [1.29, 1.82) is 0 Å². The lowest BCUT2D eigenvalue weighted by molar-refractivity contribution is -0.118. The van der Waals surface area contributed by atoms with Crippen LogP contribution in [0, 0.1) is 0 Å². The summed E-state index contributed by atoms with van der Waals surface area (Å²) in [5, 5.41) is 4.23. The Morgan fingerprint density at radius 3 is 2.76 bits per heavy atom. The molecule has 3 heterocycles. The molecule has 7 heteroatoms. The Hall–Kier alpha value is -3.32. The number of H-pyrrole nitrogens is 1. The van der Waals surface area contributed by atoms with Gasteiger partial charge in [-0.05, 0) is 80.2 Å². The third-order valence-corrected chi connectivity index (χ3v) is 6.83. The molecule has 0 bridgehead atoms. The number of aromatic amines is 1. The molecule has 2 aromatic carbocycles. The van der Waals surface area contributed by atoms with Gasteiger partial charge in [0.25, 0.3) is 0 Å². The molecule has 2 aliphatic heterocycles. The van der Waals surface area contributed by atoms with Crippen LogP contribution >= 0.6 is 0 Å². The molecule has 7 nitrogen and oxygen atoms in total. The second-order valence-corrected chi connectivity index (χ2v) is 8.95. The first-order valence-corrected chi connectivity index (χ1v) is 11.7. The zero-order valence-corrected chi connectivity index (χ0v) is 19.0. The van der Waals surface area contributed by atoms with Crippen molar-refractivity contribution in [3.05, 3.63) is 54.2 Å². The molecule has 0 aliphatic carbocycles. The maximum absolute atomic E-state index is 12.7. The van der Waals surface area contributed by atoms with E-state index in [4.69, 9.17) is 4.74 Å². The molecule has 0 radical (unpaired) electrons. The lowest BCUT2D eigenvalue weighted by Gasteiger charge is -2.31. The number of fused-ring (bicyclic) bond motifs is 1. The molecule has 0 unspecified atom stereocenters. The van der Waals surface area contributed by atoms with E-state index >= 15 is 0 Å². The lowest BCUT2D eigenvalue weighted by atomic mass is 9.89. The Morgan fingerprint density at radius 2 is 2.00 bits per heavy atom. The topological polar surface area (TPSA) is 77.7 Å². The van der Waals surface area contributed by atoms with Gasteiger partial charge in [0.1, 0.15) is 5.75 Å². The van der Waals surface area contributed by atoms with E-state index in [1.165, 1.54) is 10.9 Å². The highest BCUT2D eigenvalue weighted by Crippen LogP contribution is 2.34. The first-order chi connectivity index (χ1) is 16.1.